The van der Waals surface area contributed by atoms with Gasteiger partial charge in [-0.15, -0.1) is 0 Å². The van der Waals surface area contributed by atoms with Gasteiger partial charge in [-0.1, -0.05) is 19.9 Å². The minimum absolute atomic E-state index is 0.0729. The Kier molecular flexibility index (Phi) is 5.18. The van der Waals surface area contributed by atoms with Gasteiger partial charge < -0.3 is 4.90 Å². The summed E-state index contributed by atoms with van der Waals surface area (Å²) in [6, 6.07) is 3.65. The van der Waals surface area contributed by atoms with Crippen LogP contribution in [0.4, 0.5) is 0 Å². The molecular formula is C15H23N3O3S. The summed E-state index contributed by atoms with van der Waals surface area (Å²) in [6.07, 6.45) is 3.29. The number of carbonyl (C=O) groups excluding carboxylic acids is 1. The van der Waals surface area contributed by atoms with Crippen molar-refractivity contribution in [3.63, 3.8) is 0 Å². The van der Waals surface area contributed by atoms with Gasteiger partial charge in [0.05, 0.1) is 5.75 Å². The maximum absolute atomic E-state index is 12.5. The zero-order valence-corrected chi connectivity index (χ0v) is 13.8. The second-order valence-corrected chi connectivity index (χ2v) is 7.88. The number of nitrogens with two attached hydrogens (primary N) is 1. The maximum atomic E-state index is 12.5. The van der Waals surface area contributed by atoms with Gasteiger partial charge in [0.2, 0.25) is 10.0 Å². The summed E-state index contributed by atoms with van der Waals surface area (Å²) in [5.41, 5.74) is 1.49. The summed E-state index contributed by atoms with van der Waals surface area (Å²) < 4.78 is 22.4. The van der Waals surface area contributed by atoms with Crippen molar-refractivity contribution in [2.45, 2.75) is 32.6 Å². The fourth-order valence-corrected chi connectivity index (χ4v) is 3.68. The molecule has 1 aliphatic heterocycles. The van der Waals surface area contributed by atoms with Gasteiger partial charge in [0.25, 0.3) is 5.91 Å². The molecule has 2 heterocycles. The number of hydrogen-bond donors (Lipinski definition) is 1. The van der Waals surface area contributed by atoms with E-state index in [1.807, 2.05) is 6.07 Å². The molecule has 1 aromatic heterocycles. The van der Waals surface area contributed by atoms with E-state index < -0.39 is 10.0 Å². The highest BCUT2D eigenvalue weighted by Crippen LogP contribution is 2.20. The Labute approximate surface area is 131 Å². The van der Waals surface area contributed by atoms with Crippen molar-refractivity contribution in [3.8, 4) is 0 Å². The first kappa shape index (κ1) is 16.9. The van der Waals surface area contributed by atoms with Gasteiger partial charge in [0, 0.05) is 19.3 Å². The van der Waals surface area contributed by atoms with Crippen molar-refractivity contribution in [1.82, 2.24) is 9.88 Å². The minimum Gasteiger partial charge on any atom is -0.337 e. The first-order chi connectivity index (χ1) is 10.3. The molecule has 7 heteroatoms. The van der Waals surface area contributed by atoms with Crippen LogP contribution in [0.2, 0.25) is 0 Å². The Morgan fingerprint density at radius 2 is 2.18 bits per heavy atom. The van der Waals surface area contributed by atoms with E-state index in [2.05, 4.69) is 18.8 Å². The van der Waals surface area contributed by atoms with Crippen LogP contribution in [0.5, 0.6) is 0 Å². The lowest BCUT2D eigenvalue weighted by atomic mass is 9.99. The number of nitrogens with zero attached hydrogens (tertiary/aromatic N) is 2. The Balaban J connectivity index is 2.05. The van der Waals surface area contributed by atoms with Crippen LogP contribution in [-0.4, -0.2) is 43.1 Å². The van der Waals surface area contributed by atoms with Crippen molar-refractivity contribution >= 4 is 15.9 Å². The zero-order valence-electron chi connectivity index (χ0n) is 13.0. The fourth-order valence-electron chi connectivity index (χ4n) is 2.75. The van der Waals surface area contributed by atoms with Crippen LogP contribution in [0.15, 0.2) is 18.3 Å². The monoisotopic (exact) mass is 325 g/mol. The summed E-state index contributed by atoms with van der Waals surface area (Å²) in [4.78, 5) is 18.4. The average Bonchev–Trinajstić information content (AvgIpc) is 2.45. The number of aromatic nitrogens is 1. The molecule has 1 fully saturated rings. The summed E-state index contributed by atoms with van der Waals surface area (Å²) in [5.74, 6) is 0.0547. The molecule has 1 atom stereocenters. The van der Waals surface area contributed by atoms with Crippen LogP contribution in [0.25, 0.3) is 0 Å². The van der Waals surface area contributed by atoms with Crippen LogP contribution >= 0.6 is 0 Å². The number of carbonyl (C=O) groups is 1. The highest BCUT2D eigenvalue weighted by molar-refractivity contribution is 7.89. The second-order valence-electron chi connectivity index (χ2n) is 6.22. The lowest BCUT2D eigenvalue weighted by Gasteiger charge is -2.32. The number of rotatable bonds is 4. The van der Waals surface area contributed by atoms with Crippen molar-refractivity contribution < 1.29 is 13.2 Å². The summed E-state index contributed by atoms with van der Waals surface area (Å²) in [5, 5.41) is 5.10. The number of amides is 1. The van der Waals surface area contributed by atoms with E-state index in [1.165, 1.54) is 0 Å². The number of pyridine rings is 1. The van der Waals surface area contributed by atoms with E-state index in [0.29, 0.717) is 24.7 Å². The Morgan fingerprint density at radius 3 is 2.73 bits per heavy atom. The van der Waals surface area contributed by atoms with E-state index >= 15 is 0 Å². The molecule has 122 valence electrons. The van der Waals surface area contributed by atoms with Crippen molar-refractivity contribution in [3.05, 3.63) is 29.6 Å². The molecular weight excluding hydrogens is 302 g/mol. The average molecular weight is 325 g/mol. The number of likely N-dealkylation sites (tertiary alicyclic amines) is 1. The van der Waals surface area contributed by atoms with Gasteiger partial charge in [0.15, 0.2) is 0 Å². The highest BCUT2D eigenvalue weighted by atomic mass is 32.2. The van der Waals surface area contributed by atoms with E-state index in [9.17, 15) is 13.2 Å². The van der Waals surface area contributed by atoms with E-state index in [4.69, 9.17) is 5.14 Å². The summed E-state index contributed by atoms with van der Waals surface area (Å²) >= 11 is 0. The standard InChI is InChI=1S/C15H23N3O3S/c1-11(2)13-5-6-14(17-8-13)15(19)18-7-3-4-12(9-18)10-22(16,20)21/h5-6,8,11-12H,3-4,7,9-10H2,1-2H3,(H2,16,20,21). The molecule has 1 aromatic rings. The highest BCUT2D eigenvalue weighted by Gasteiger charge is 2.27. The molecule has 1 saturated heterocycles. The SMILES string of the molecule is CC(C)c1ccc(C(=O)N2CCCC(CS(N)(=O)=O)C2)nc1. The molecule has 0 aliphatic carbocycles. The third kappa shape index (κ3) is 4.51. The molecule has 0 aromatic carbocycles. The lowest BCUT2D eigenvalue weighted by molar-refractivity contribution is 0.0678. The first-order valence-electron chi connectivity index (χ1n) is 7.52. The van der Waals surface area contributed by atoms with E-state index in [0.717, 1.165) is 18.4 Å². The fraction of sp³-hybridized carbons (Fsp3) is 0.600. The number of piperidine rings is 1. The van der Waals surface area contributed by atoms with Crippen molar-refractivity contribution in [1.29, 1.82) is 0 Å². The van der Waals surface area contributed by atoms with Crippen LogP contribution in [0.1, 0.15) is 48.7 Å². The predicted molar refractivity (Wildman–Crippen MR) is 84.9 cm³/mol. The molecule has 0 radical (unpaired) electrons. The number of primary sulfonamides is 1. The summed E-state index contributed by atoms with van der Waals surface area (Å²) in [6.45, 7) is 5.19. The predicted octanol–water partition coefficient (Wildman–Crippen LogP) is 1.35. The molecule has 6 nitrogen and oxygen atoms in total. The van der Waals surface area contributed by atoms with Crippen LogP contribution in [-0.2, 0) is 10.0 Å². The van der Waals surface area contributed by atoms with Gasteiger partial charge in [-0.05, 0) is 36.3 Å². The molecule has 1 unspecified atom stereocenters. The molecule has 2 rings (SSSR count). The number of sulfonamides is 1. The lowest BCUT2D eigenvalue weighted by Crippen LogP contribution is -2.42. The molecule has 0 spiro atoms. The maximum Gasteiger partial charge on any atom is 0.272 e. The van der Waals surface area contributed by atoms with Gasteiger partial charge in [-0.3, -0.25) is 9.78 Å². The van der Waals surface area contributed by atoms with E-state index in [1.54, 1.807) is 17.2 Å². The van der Waals surface area contributed by atoms with Crippen molar-refractivity contribution in [2.24, 2.45) is 11.1 Å². The van der Waals surface area contributed by atoms with Crippen LogP contribution in [0.3, 0.4) is 0 Å². The largest absolute Gasteiger partial charge is 0.337 e. The van der Waals surface area contributed by atoms with Crippen molar-refractivity contribution in [2.75, 3.05) is 18.8 Å². The third-order valence-electron chi connectivity index (χ3n) is 3.95. The normalized spacial score (nSPS) is 19.5. The Hall–Kier alpha value is -1.47. The molecule has 1 aliphatic rings. The number of hydrogen-bond acceptors (Lipinski definition) is 4. The summed E-state index contributed by atoms with van der Waals surface area (Å²) in [7, 11) is -3.51. The first-order valence-corrected chi connectivity index (χ1v) is 9.23. The van der Waals surface area contributed by atoms with Crippen LogP contribution in [0, 0.1) is 5.92 Å². The molecule has 2 N–H and O–H groups in total. The van der Waals surface area contributed by atoms with Gasteiger partial charge >= 0.3 is 0 Å². The molecule has 22 heavy (non-hydrogen) atoms. The van der Waals surface area contributed by atoms with Gasteiger partial charge in [0.1, 0.15) is 5.69 Å². The van der Waals surface area contributed by atoms with E-state index in [-0.39, 0.29) is 17.6 Å². The molecule has 0 bridgehead atoms. The quantitative estimate of drug-likeness (QED) is 0.904. The van der Waals surface area contributed by atoms with Gasteiger partial charge in [-0.25, -0.2) is 13.6 Å². The topological polar surface area (TPSA) is 93.4 Å². The Morgan fingerprint density at radius 1 is 1.45 bits per heavy atom. The second kappa shape index (κ2) is 6.75. The third-order valence-corrected chi connectivity index (χ3v) is 4.88. The smallest absolute Gasteiger partial charge is 0.272 e. The van der Waals surface area contributed by atoms with Gasteiger partial charge in [-0.2, -0.15) is 0 Å². The van der Waals surface area contributed by atoms with Crippen LogP contribution < -0.4 is 5.14 Å². The zero-order chi connectivity index (χ0) is 16.3. The molecule has 0 saturated carbocycles. The Bertz CT molecular complexity index is 626. The minimum atomic E-state index is -3.51. The molecule has 1 amide bonds.